The Morgan fingerprint density at radius 1 is 0.574 bits per heavy atom. The number of aliphatic carboxylic acids is 1. The Morgan fingerprint density at radius 2 is 1.06 bits per heavy atom. The fourth-order valence-corrected chi connectivity index (χ4v) is 5.22. The van der Waals surface area contributed by atoms with E-state index in [-0.39, 0.29) is 38.6 Å². The number of unbranched alkanes of at least 4 members (excludes halogenated alkanes) is 12. The van der Waals surface area contributed by atoms with Crippen molar-refractivity contribution in [1.82, 2.24) is 0 Å². The number of quaternary nitrogens is 1. The monoisotopic (exact) mass is 760 g/mol. The zero-order chi connectivity index (χ0) is 40.0. The van der Waals surface area contributed by atoms with Crippen LogP contribution in [0.25, 0.3) is 0 Å². The summed E-state index contributed by atoms with van der Waals surface area (Å²) >= 11 is 0. The van der Waals surface area contributed by atoms with E-state index in [9.17, 15) is 19.5 Å². The van der Waals surface area contributed by atoms with Crippen molar-refractivity contribution in [3.63, 3.8) is 0 Å². The minimum atomic E-state index is -1.63. The number of nitrogens with zero attached hydrogens (tertiary/aromatic N) is 1. The second-order valence-electron chi connectivity index (χ2n) is 14.9. The van der Waals surface area contributed by atoms with E-state index >= 15 is 0 Å². The summed E-state index contributed by atoms with van der Waals surface area (Å²) in [4.78, 5) is 36.9. The molecule has 0 heterocycles. The summed E-state index contributed by atoms with van der Waals surface area (Å²) < 4.78 is 22.4. The second kappa shape index (κ2) is 36.9. The van der Waals surface area contributed by atoms with Crippen molar-refractivity contribution < 1.29 is 42.9 Å². The summed E-state index contributed by atoms with van der Waals surface area (Å²) in [6, 6.07) is 0. The van der Waals surface area contributed by atoms with Gasteiger partial charge in [-0.05, 0) is 77.0 Å². The lowest BCUT2D eigenvalue weighted by Gasteiger charge is -2.26. The number of allylic oxidation sites excluding steroid dienone is 10. The quantitative estimate of drug-likeness (QED) is 0.0203. The molecule has 0 N–H and O–H groups in total. The first kappa shape index (κ1) is 51.0. The predicted molar refractivity (Wildman–Crippen MR) is 218 cm³/mol. The van der Waals surface area contributed by atoms with E-state index in [4.69, 9.17) is 18.9 Å². The molecule has 0 aromatic carbocycles. The molecule has 0 amide bonds. The van der Waals surface area contributed by atoms with Gasteiger partial charge >= 0.3 is 11.9 Å². The fraction of sp³-hybridized carbons (Fsp3) is 0.711. The molecule has 0 saturated heterocycles. The minimum absolute atomic E-state index is 0.137. The average Bonchev–Trinajstić information content (AvgIpc) is 3.12. The lowest BCUT2D eigenvalue weighted by molar-refractivity contribution is -0.870. The maximum atomic E-state index is 12.7. The van der Waals surface area contributed by atoms with Crippen LogP contribution in [0, 0.1) is 0 Å². The van der Waals surface area contributed by atoms with Crippen LogP contribution in [0.1, 0.15) is 149 Å². The predicted octanol–water partition coefficient (Wildman–Crippen LogP) is 9.27. The molecule has 0 fully saturated rings. The molecule has 0 rings (SSSR count). The highest BCUT2D eigenvalue weighted by Crippen LogP contribution is 2.11. The van der Waals surface area contributed by atoms with Crippen molar-refractivity contribution in [2.75, 3.05) is 47.5 Å². The Balaban J connectivity index is 4.56. The van der Waals surface area contributed by atoms with Crippen LogP contribution in [0.5, 0.6) is 0 Å². The summed E-state index contributed by atoms with van der Waals surface area (Å²) in [6.07, 6.45) is 39.7. The summed E-state index contributed by atoms with van der Waals surface area (Å²) in [7, 11) is 5.88. The SMILES string of the molecule is CC/C=C\C/C=C\C/C=C\CCCCCC(=O)OC(COC(=O)CCCCCCC/C=C\C/C=C\CCCCCC)COC(OCC[N+](C)(C)C)C(=O)[O-]. The smallest absolute Gasteiger partial charge is 0.306 e. The van der Waals surface area contributed by atoms with Crippen LogP contribution >= 0.6 is 0 Å². The Labute approximate surface area is 329 Å². The topological polar surface area (TPSA) is 111 Å². The van der Waals surface area contributed by atoms with Gasteiger partial charge in [0, 0.05) is 12.8 Å². The Bertz CT molecular complexity index is 1070. The molecule has 9 heteroatoms. The summed E-state index contributed by atoms with van der Waals surface area (Å²) in [6.45, 7) is 4.52. The van der Waals surface area contributed by atoms with E-state index in [1.807, 2.05) is 21.1 Å². The van der Waals surface area contributed by atoms with Crippen LogP contribution in [-0.2, 0) is 33.3 Å². The van der Waals surface area contributed by atoms with Crippen LogP contribution in [0.2, 0.25) is 0 Å². The third kappa shape index (κ3) is 37.3. The maximum Gasteiger partial charge on any atom is 0.306 e. The van der Waals surface area contributed by atoms with Gasteiger partial charge in [0.2, 0.25) is 0 Å². The van der Waals surface area contributed by atoms with Gasteiger partial charge in [-0.3, -0.25) is 9.59 Å². The molecule has 0 radical (unpaired) electrons. The number of likely N-dealkylation sites (N-methyl/N-ethyl adjacent to an activating group) is 1. The van der Waals surface area contributed by atoms with Crippen LogP contribution in [0.15, 0.2) is 60.8 Å². The number of carboxylic acid groups (broad SMARTS) is 1. The lowest BCUT2D eigenvalue weighted by atomic mass is 10.1. The van der Waals surface area contributed by atoms with Gasteiger partial charge in [0.15, 0.2) is 12.4 Å². The van der Waals surface area contributed by atoms with E-state index in [0.717, 1.165) is 77.0 Å². The molecule has 0 bridgehead atoms. The molecular formula is C45H77NO8. The third-order valence-corrected chi connectivity index (χ3v) is 8.50. The Morgan fingerprint density at radius 3 is 1.59 bits per heavy atom. The molecule has 0 spiro atoms. The van der Waals surface area contributed by atoms with Gasteiger partial charge in [-0.25, -0.2) is 0 Å². The molecule has 0 aliphatic heterocycles. The van der Waals surface area contributed by atoms with E-state index < -0.39 is 24.3 Å². The van der Waals surface area contributed by atoms with Gasteiger partial charge in [0.05, 0.1) is 40.3 Å². The van der Waals surface area contributed by atoms with Crippen molar-refractivity contribution in [1.29, 1.82) is 0 Å². The normalized spacial score (nSPS) is 13.6. The zero-order valence-corrected chi connectivity index (χ0v) is 34.8. The molecule has 0 saturated carbocycles. The minimum Gasteiger partial charge on any atom is -0.545 e. The Hall–Kier alpha value is -3.01. The highest BCUT2D eigenvalue weighted by Gasteiger charge is 2.21. The number of carbonyl (C=O) groups excluding carboxylic acids is 3. The third-order valence-electron chi connectivity index (χ3n) is 8.50. The second-order valence-corrected chi connectivity index (χ2v) is 14.9. The van der Waals surface area contributed by atoms with Crippen LogP contribution in [-0.4, -0.2) is 82.3 Å². The van der Waals surface area contributed by atoms with Crippen LogP contribution < -0.4 is 5.11 Å². The van der Waals surface area contributed by atoms with E-state index in [2.05, 4.69) is 74.6 Å². The Kier molecular flexibility index (Phi) is 34.9. The summed E-state index contributed by atoms with van der Waals surface area (Å²) in [5.74, 6) is -2.35. The first-order valence-corrected chi connectivity index (χ1v) is 20.9. The van der Waals surface area contributed by atoms with Crippen molar-refractivity contribution in [3.05, 3.63) is 60.8 Å². The molecule has 310 valence electrons. The van der Waals surface area contributed by atoms with Crippen LogP contribution in [0.4, 0.5) is 0 Å². The molecular weight excluding hydrogens is 682 g/mol. The average molecular weight is 760 g/mol. The van der Waals surface area contributed by atoms with Crippen LogP contribution in [0.3, 0.4) is 0 Å². The molecule has 0 aliphatic carbocycles. The molecule has 9 nitrogen and oxygen atoms in total. The number of rotatable bonds is 37. The molecule has 0 aliphatic rings. The van der Waals surface area contributed by atoms with Crippen molar-refractivity contribution >= 4 is 17.9 Å². The van der Waals surface area contributed by atoms with Gasteiger partial charge in [0.1, 0.15) is 13.2 Å². The number of carboxylic acids is 1. The molecule has 2 atom stereocenters. The lowest BCUT2D eigenvalue weighted by Crippen LogP contribution is -2.44. The summed E-state index contributed by atoms with van der Waals surface area (Å²) in [5.41, 5.74) is 0. The molecule has 0 aromatic heterocycles. The van der Waals surface area contributed by atoms with Crippen molar-refractivity contribution in [2.24, 2.45) is 0 Å². The largest absolute Gasteiger partial charge is 0.545 e. The number of hydrogen-bond donors (Lipinski definition) is 0. The van der Waals surface area contributed by atoms with Crippen molar-refractivity contribution in [2.45, 2.75) is 161 Å². The van der Waals surface area contributed by atoms with Crippen molar-refractivity contribution in [3.8, 4) is 0 Å². The first-order chi connectivity index (χ1) is 26.1. The number of ether oxygens (including phenoxy) is 4. The van der Waals surface area contributed by atoms with Gasteiger partial charge < -0.3 is 33.3 Å². The van der Waals surface area contributed by atoms with E-state index in [0.29, 0.717) is 23.9 Å². The molecule has 0 aromatic rings. The van der Waals surface area contributed by atoms with Gasteiger partial charge in [0.25, 0.3) is 0 Å². The number of carbonyl (C=O) groups is 3. The maximum absolute atomic E-state index is 12.7. The van der Waals surface area contributed by atoms with E-state index in [1.165, 1.54) is 32.1 Å². The fourth-order valence-electron chi connectivity index (χ4n) is 5.22. The zero-order valence-electron chi connectivity index (χ0n) is 34.8. The number of esters is 2. The highest BCUT2D eigenvalue weighted by molar-refractivity contribution is 5.70. The van der Waals surface area contributed by atoms with Gasteiger partial charge in [-0.15, -0.1) is 0 Å². The number of hydrogen-bond acceptors (Lipinski definition) is 8. The molecule has 54 heavy (non-hydrogen) atoms. The van der Waals surface area contributed by atoms with Gasteiger partial charge in [-0.2, -0.15) is 0 Å². The summed E-state index contributed by atoms with van der Waals surface area (Å²) in [5, 5.41) is 11.7. The standard InChI is InChI=1S/C45H77NO8/c1-6-8-10-12-14-16-18-20-21-22-24-25-27-29-31-33-35-42(47)52-39-41(40-53-45(44(49)50)51-38-37-46(3,4)5)54-43(48)36-34-32-30-28-26-23-19-17-15-13-11-9-7-2/h9,11,15-18,21-23,26,41,45H,6-8,10,12-14,19-20,24-25,27-40H2,1-5H3/b11-9-,17-15-,18-16-,22-21-,26-23-. The van der Waals surface area contributed by atoms with E-state index in [1.54, 1.807) is 0 Å². The van der Waals surface area contributed by atoms with Gasteiger partial charge in [-0.1, -0.05) is 120 Å². The first-order valence-electron chi connectivity index (χ1n) is 20.9. The highest BCUT2D eigenvalue weighted by atomic mass is 16.7. The molecule has 2 unspecified atom stereocenters.